The van der Waals surface area contributed by atoms with E-state index in [1.54, 1.807) is 7.11 Å². The topological polar surface area (TPSA) is 64.3 Å². The average Bonchev–Trinajstić information content (AvgIpc) is 2.68. The Hall–Kier alpha value is -0.590. The molecule has 1 aromatic heterocycles. The fourth-order valence-corrected chi connectivity index (χ4v) is 4.00. The maximum Gasteiger partial charge on any atom is 0.265 e. The molecule has 1 aliphatic carbocycles. The summed E-state index contributed by atoms with van der Waals surface area (Å²) in [5.41, 5.74) is 5.87. The zero-order valence-electron chi connectivity index (χ0n) is 11.2. The Labute approximate surface area is 125 Å². The molecule has 1 amide bonds. The van der Waals surface area contributed by atoms with Crippen LogP contribution in [0.5, 0.6) is 5.75 Å². The number of carbonyl (C=O) groups is 1. The van der Waals surface area contributed by atoms with Crippen LogP contribution in [0.2, 0.25) is 0 Å². The highest BCUT2D eigenvalue weighted by Crippen LogP contribution is 2.39. The van der Waals surface area contributed by atoms with Crippen LogP contribution in [0.3, 0.4) is 0 Å². The van der Waals surface area contributed by atoms with Crippen LogP contribution >= 0.6 is 27.3 Å². The summed E-state index contributed by atoms with van der Waals surface area (Å²) >= 11 is 4.91. The third-order valence-electron chi connectivity index (χ3n) is 3.49. The van der Waals surface area contributed by atoms with Gasteiger partial charge in [-0.3, -0.25) is 4.79 Å². The van der Waals surface area contributed by atoms with E-state index in [0.717, 1.165) is 35.0 Å². The van der Waals surface area contributed by atoms with E-state index in [-0.39, 0.29) is 11.9 Å². The third kappa shape index (κ3) is 3.30. The Bertz CT molecular complexity index is 467. The zero-order valence-corrected chi connectivity index (χ0v) is 13.6. The van der Waals surface area contributed by atoms with E-state index in [4.69, 9.17) is 10.5 Å². The van der Waals surface area contributed by atoms with Crippen molar-refractivity contribution in [3.8, 4) is 5.75 Å². The van der Waals surface area contributed by atoms with Gasteiger partial charge in [0.15, 0.2) is 5.75 Å². The van der Waals surface area contributed by atoms with E-state index in [2.05, 4.69) is 21.2 Å². The molecule has 3 N–H and O–H groups in total. The van der Waals surface area contributed by atoms with Gasteiger partial charge in [-0.2, -0.15) is 0 Å². The van der Waals surface area contributed by atoms with Gasteiger partial charge in [-0.15, -0.1) is 11.3 Å². The minimum Gasteiger partial charge on any atom is -0.494 e. The summed E-state index contributed by atoms with van der Waals surface area (Å²) in [7, 11) is 1.59. The summed E-state index contributed by atoms with van der Waals surface area (Å²) in [5, 5.41) is 3.09. The standard InChI is InChI=1S/C13H19BrN2O2S/c1-7-10(14)11(18-2)12(19-7)13(17)16-9-5-3-8(15)4-6-9/h8-9H,3-6,15H2,1-2H3,(H,16,17). The van der Waals surface area contributed by atoms with E-state index in [1.807, 2.05) is 6.92 Å². The predicted octanol–water partition coefficient (Wildman–Crippen LogP) is 2.83. The van der Waals surface area contributed by atoms with Crippen LogP contribution in [-0.4, -0.2) is 25.1 Å². The van der Waals surface area contributed by atoms with Gasteiger partial charge in [-0.05, 0) is 48.5 Å². The fraction of sp³-hybridized carbons (Fsp3) is 0.615. The summed E-state index contributed by atoms with van der Waals surface area (Å²) in [6.07, 6.45) is 3.88. The highest BCUT2D eigenvalue weighted by molar-refractivity contribution is 9.10. The molecular weight excluding hydrogens is 328 g/mol. The van der Waals surface area contributed by atoms with E-state index in [0.29, 0.717) is 16.7 Å². The van der Waals surface area contributed by atoms with Gasteiger partial charge < -0.3 is 15.8 Å². The first-order chi connectivity index (χ1) is 9.02. The number of hydrogen-bond donors (Lipinski definition) is 2. The zero-order chi connectivity index (χ0) is 14.0. The number of aryl methyl sites for hydroxylation is 1. The van der Waals surface area contributed by atoms with Gasteiger partial charge in [0.25, 0.3) is 5.91 Å². The molecule has 1 aromatic rings. The lowest BCUT2D eigenvalue weighted by Gasteiger charge is -2.26. The van der Waals surface area contributed by atoms with Gasteiger partial charge in [0.05, 0.1) is 11.6 Å². The number of nitrogens with two attached hydrogens (primary N) is 1. The monoisotopic (exact) mass is 346 g/mol. The van der Waals surface area contributed by atoms with Crippen LogP contribution in [0, 0.1) is 6.92 Å². The molecule has 0 unspecified atom stereocenters. The van der Waals surface area contributed by atoms with Crippen molar-refractivity contribution in [3.63, 3.8) is 0 Å². The molecule has 4 nitrogen and oxygen atoms in total. The molecule has 106 valence electrons. The molecule has 1 fully saturated rings. The number of carbonyl (C=O) groups excluding carboxylic acids is 1. The summed E-state index contributed by atoms with van der Waals surface area (Å²) < 4.78 is 6.18. The largest absolute Gasteiger partial charge is 0.494 e. The first-order valence-corrected chi connectivity index (χ1v) is 8.03. The molecule has 2 rings (SSSR count). The minimum atomic E-state index is -0.0453. The Kier molecular flexibility index (Phi) is 4.86. The number of halogens is 1. The predicted molar refractivity (Wildman–Crippen MR) is 81.0 cm³/mol. The van der Waals surface area contributed by atoms with Crippen molar-refractivity contribution >= 4 is 33.2 Å². The molecule has 0 bridgehead atoms. The smallest absolute Gasteiger partial charge is 0.265 e. The van der Waals surface area contributed by atoms with Gasteiger partial charge in [0.1, 0.15) is 4.88 Å². The fourth-order valence-electron chi connectivity index (χ4n) is 2.35. The van der Waals surface area contributed by atoms with Crippen molar-refractivity contribution in [1.82, 2.24) is 5.32 Å². The van der Waals surface area contributed by atoms with Gasteiger partial charge in [-0.25, -0.2) is 0 Å². The Morgan fingerprint density at radius 1 is 1.42 bits per heavy atom. The van der Waals surface area contributed by atoms with E-state index in [9.17, 15) is 4.79 Å². The van der Waals surface area contributed by atoms with Crippen LogP contribution in [0.15, 0.2) is 4.47 Å². The van der Waals surface area contributed by atoms with Gasteiger partial charge in [0.2, 0.25) is 0 Å². The highest BCUT2D eigenvalue weighted by Gasteiger charge is 2.25. The SMILES string of the molecule is COc1c(C(=O)NC2CCC(N)CC2)sc(C)c1Br. The lowest BCUT2D eigenvalue weighted by Crippen LogP contribution is -2.40. The molecule has 0 aliphatic heterocycles. The van der Waals surface area contributed by atoms with Gasteiger partial charge in [-0.1, -0.05) is 0 Å². The van der Waals surface area contributed by atoms with E-state index >= 15 is 0 Å². The number of nitrogens with one attached hydrogen (secondary N) is 1. The lowest BCUT2D eigenvalue weighted by molar-refractivity contribution is 0.0927. The van der Waals surface area contributed by atoms with E-state index < -0.39 is 0 Å². The first-order valence-electron chi connectivity index (χ1n) is 6.42. The molecular formula is C13H19BrN2O2S. The number of amides is 1. The number of hydrogen-bond acceptors (Lipinski definition) is 4. The van der Waals surface area contributed by atoms with Crippen LogP contribution in [0.4, 0.5) is 0 Å². The molecule has 0 saturated heterocycles. The Balaban J connectivity index is 2.06. The number of thiophene rings is 1. The Morgan fingerprint density at radius 3 is 2.63 bits per heavy atom. The Morgan fingerprint density at radius 2 is 2.05 bits per heavy atom. The number of methoxy groups -OCH3 is 1. The normalized spacial score (nSPS) is 23.2. The number of rotatable bonds is 3. The summed E-state index contributed by atoms with van der Waals surface area (Å²) in [6, 6.07) is 0.527. The van der Waals surface area contributed by atoms with Gasteiger partial charge in [0, 0.05) is 17.0 Å². The van der Waals surface area contributed by atoms with Gasteiger partial charge >= 0.3 is 0 Å². The van der Waals surface area contributed by atoms with Crippen LogP contribution in [0.25, 0.3) is 0 Å². The maximum absolute atomic E-state index is 12.3. The molecule has 6 heteroatoms. The summed E-state index contributed by atoms with van der Waals surface area (Å²) in [5.74, 6) is 0.587. The molecule has 0 atom stereocenters. The summed E-state index contributed by atoms with van der Waals surface area (Å²) in [6.45, 7) is 1.97. The first kappa shape index (κ1) is 14.8. The second-order valence-corrected chi connectivity index (χ2v) is 6.94. The van der Waals surface area contributed by atoms with Crippen LogP contribution < -0.4 is 15.8 Å². The maximum atomic E-state index is 12.3. The average molecular weight is 347 g/mol. The third-order valence-corrected chi connectivity index (χ3v) is 5.79. The second kappa shape index (κ2) is 6.24. The van der Waals surface area contributed by atoms with Crippen molar-refractivity contribution in [2.24, 2.45) is 5.73 Å². The van der Waals surface area contributed by atoms with Crippen molar-refractivity contribution in [2.75, 3.05) is 7.11 Å². The molecule has 1 heterocycles. The highest BCUT2D eigenvalue weighted by atomic mass is 79.9. The molecule has 0 spiro atoms. The van der Waals surface area contributed by atoms with Crippen LogP contribution in [-0.2, 0) is 0 Å². The molecule has 19 heavy (non-hydrogen) atoms. The van der Waals surface area contributed by atoms with Crippen molar-refractivity contribution < 1.29 is 9.53 Å². The molecule has 0 radical (unpaired) electrons. The minimum absolute atomic E-state index is 0.0453. The van der Waals surface area contributed by atoms with Crippen molar-refractivity contribution in [2.45, 2.75) is 44.7 Å². The van der Waals surface area contributed by atoms with Crippen molar-refractivity contribution in [1.29, 1.82) is 0 Å². The van der Waals surface area contributed by atoms with Crippen LogP contribution in [0.1, 0.15) is 40.2 Å². The lowest BCUT2D eigenvalue weighted by atomic mass is 9.92. The molecule has 1 saturated carbocycles. The van der Waals surface area contributed by atoms with Crippen molar-refractivity contribution in [3.05, 3.63) is 14.2 Å². The quantitative estimate of drug-likeness (QED) is 0.884. The molecule has 0 aromatic carbocycles. The summed E-state index contributed by atoms with van der Waals surface area (Å²) in [4.78, 5) is 14.0. The molecule has 1 aliphatic rings. The van der Waals surface area contributed by atoms with E-state index in [1.165, 1.54) is 11.3 Å². The number of ether oxygens (including phenoxy) is 1. The second-order valence-electron chi connectivity index (χ2n) is 4.92.